The molecule has 0 amide bonds. The van der Waals surface area contributed by atoms with Crippen LogP contribution in [0.25, 0.3) is 0 Å². The second-order valence-corrected chi connectivity index (χ2v) is 8.47. The van der Waals surface area contributed by atoms with Crippen molar-refractivity contribution >= 4 is 8.32 Å². The molecule has 0 saturated heterocycles. The van der Waals surface area contributed by atoms with Crippen molar-refractivity contribution in [3.63, 3.8) is 0 Å². The molecule has 0 unspecified atom stereocenters. The first-order chi connectivity index (χ1) is 5.48. The zero-order chi connectivity index (χ0) is 9.61. The van der Waals surface area contributed by atoms with Gasteiger partial charge in [-0.15, -0.1) is 0 Å². The van der Waals surface area contributed by atoms with Gasteiger partial charge in [0.2, 0.25) is 0 Å². The summed E-state index contributed by atoms with van der Waals surface area (Å²) in [7, 11) is 2.87. The van der Waals surface area contributed by atoms with Gasteiger partial charge in [-0.3, -0.25) is 0 Å². The largest absolute Gasteiger partial charge is 0.416 e. The highest BCUT2D eigenvalue weighted by Crippen LogP contribution is 2.12. The van der Waals surface area contributed by atoms with Crippen LogP contribution in [0.4, 0.5) is 0 Å². The average molecular weight is 189 g/mol. The van der Waals surface area contributed by atoms with E-state index in [0.717, 1.165) is 13.2 Å². The molecule has 0 aromatic rings. The molecule has 0 bridgehead atoms. The number of likely N-dealkylation sites (N-methyl/N-ethyl adjacent to an activating group) is 1. The Kier molecular flexibility index (Phi) is 5.79. The Bertz CT molecular complexity index is 115. The smallest absolute Gasteiger partial charge is 0.186 e. The molecule has 0 aliphatic rings. The van der Waals surface area contributed by atoms with Gasteiger partial charge >= 0.3 is 0 Å². The Morgan fingerprint density at radius 3 is 2.25 bits per heavy atom. The minimum Gasteiger partial charge on any atom is -0.416 e. The van der Waals surface area contributed by atoms with E-state index in [9.17, 15) is 0 Å². The molecular weight excluding hydrogens is 166 g/mol. The SMILES string of the molecule is CCC[Si](C)(C)OCCN(C)C. The summed E-state index contributed by atoms with van der Waals surface area (Å²) in [6, 6.07) is 1.28. The highest BCUT2D eigenvalue weighted by Gasteiger charge is 2.20. The van der Waals surface area contributed by atoms with Crippen LogP contribution in [0, 0.1) is 0 Å². The van der Waals surface area contributed by atoms with Crippen molar-refractivity contribution in [3.05, 3.63) is 0 Å². The van der Waals surface area contributed by atoms with E-state index in [1.807, 2.05) is 0 Å². The van der Waals surface area contributed by atoms with Gasteiger partial charge in [0.05, 0.1) is 0 Å². The van der Waals surface area contributed by atoms with Gasteiger partial charge in [-0.2, -0.15) is 0 Å². The molecule has 0 aliphatic carbocycles. The van der Waals surface area contributed by atoms with Gasteiger partial charge in [0, 0.05) is 13.2 Å². The van der Waals surface area contributed by atoms with Gasteiger partial charge in [-0.1, -0.05) is 13.3 Å². The van der Waals surface area contributed by atoms with E-state index in [-0.39, 0.29) is 0 Å². The molecule has 0 aromatic carbocycles. The summed E-state index contributed by atoms with van der Waals surface area (Å²) >= 11 is 0. The molecule has 0 heterocycles. The Labute approximate surface area is 78.0 Å². The minimum atomic E-state index is -1.30. The average Bonchev–Trinajstić information content (AvgIpc) is 1.85. The fourth-order valence-electron chi connectivity index (χ4n) is 1.18. The lowest BCUT2D eigenvalue weighted by atomic mass is 10.6. The van der Waals surface area contributed by atoms with E-state index in [0.29, 0.717) is 0 Å². The van der Waals surface area contributed by atoms with Crippen LogP contribution in [-0.2, 0) is 4.43 Å². The molecule has 0 fully saturated rings. The quantitative estimate of drug-likeness (QED) is 0.594. The summed E-state index contributed by atoms with van der Waals surface area (Å²) < 4.78 is 5.88. The third-order valence-electron chi connectivity index (χ3n) is 1.88. The molecule has 0 aromatic heterocycles. The molecular formula is C9H23NOSi. The van der Waals surface area contributed by atoms with Crippen LogP contribution >= 0.6 is 0 Å². The van der Waals surface area contributed by atoms with Crippen molar-refractivity contribution in [2.45, 2.75) is 32.5 Å². The van der Waals surface area contributed by atoms with E-state index in [1.54, 1.807) is 0 Å². The van der Waals surface area contributed by atoms with Crippen molar-refractivity contribution in [3.8, 4) is 0 Å². The summed E-state index contributed by atoms with van der Waals surface area (Å²) in [5, 5.41) is 0. The van der Waals surface area contributed by atoms with Crippen molar-refractivity contribution in [1.82, 2.24) is 4.90 Å². The molecule has 0 atom stereocenters. The van der Waals surface area contributed by atoms with Crippen molar-refractivity contribution in [1.29, 1.82) is 0 Å². The molecule has 2 nitrogen and oxygen atoms in total. The van der Waals surface area contributed by atoms with E-state index >= 15 is 0 Å². The third-order valence-corrected chi connectivity index (χ3v) is 4.57. The summed E-state index contributed by atoms with van der Waals surface area (Å²) in [4.78, 5) is 2.16. The standard InChI is InChI=1S/C9H23NOSi/c1-6-9-12(4,5)11-8-7-10(2)3/h6-9H2,1-5H3. The Morgan fingerprint density at radius 2 is 1.83 bits per heavy atom. The van der Waals surface area contributed by atoms with Crippen LogP contribution in [0.15, 0.2) is 0 Å². The monoisotopic (exact) mass is 189 g/mol. The maximum atomic E-state index is 5.88. The second kappa shape index (κ2) is 5.73. The zero-order valence-corrected chi connectivity index (χ0v) is 10.2. The van der Waals surface area contributed by atoms with Gasteiger partial charge in [-0.05, 0) is 33.2 Å². The van der Waals surface area contributed by atoms with Crippen molar-refractivity contribution in [2.24, 2.45) is 0 Å². The highest BCUT2D eigenvalue weighted by atomic mass is 28.4. The molecule has 0 saturated carbocycles. The van der Waals surface area contributed by atoms with E-state index in [2.05, 4.69) is 39.0 Å². The number of hydrogen-bond donors (Lipinski definition) is 0. The maximum absolute atomic E-state index is 5.88. The molecule has 0 rings (SSSR count). The summed E-state index contributed by atoms with van der Waals surface area (Å²) in [6.45, 7) is 8.76. The molecule has 0 spiro atoms. The van der Waals surface area contributed by atoms with Crippen molar-refractivity contribution in [2.75, 3.05) is 27.2 Å². The molecule has 3 heteroatoms. The van der Waals surface area contributed by atoms with Crippen LogP contribution in [-0.4, -0.2) is 40.5 Å². The lowest BCUT2D eigenvalue weighted by Crippen LogP contribution is -2.33. The van der Waals surface area contributed by atoms with E-state index in [4.69, 9.17) is 4.43 Å². The molecule has 74 valence electrons. The summed E-state index contributed by atoms with van der Waals surface area (Å²) in [6.07, 6.45) is 1.25. The number of nitrogens with zero attached hydrogens (tertiary/aromatic N) is 1. The zero-order valence-electron chi connectivity index (χ0n) is 9.18. The predicted octanol–water partition coefficient (Wildman–Crippen LogP) is 2.18. The first kappa shape index (κ1) is 12.1. The first-order valence-electron chi connectivity index (χ1n) is 4.76. The van der Waals surface area contributed by atoms with Crippen LogP contribution in [0.1, 0.15) is 13.3 Å². The first-order valence-corrected chi connectivity index (χ1v) is 7.88. The highest BCUT2D eigenvalue weighted by molar-refractivity contribution is 6.71. The summed E-state index contributed by atoms with van der Waals surface area (Å²) in [5.74, 6) is 0. The number of rotatable bonds is 6. The minimum absolute atomic E-state index is 0.895. The van der Waals surface area contributed by atoms with E-state index in [1.165, 1.54) is 12.5 Å². The molecule has 0 radical (unpaired) electrons. The topological polar surface area (TPSA) is 12.5 Å². The van der Waals surface area contributed by atoms with Crippen LogP contribution in [0.2, 0.25) is 19.1 Å². The molecule has 0 aliphatic heterocycles. The Hall–Kier alpha value is 0.137. The van der Waals surface area contributed by atoms with Crippen LogP contribution in [0.3, 0.4) is 0 Å². The Morgan fingerprint density at radius 1 is 1.25 bits per heavy atom. The van der Waals surface area contributed by atoms with Gasteiger partial charge < -0.3 is 9.33 Å². The number of hydrogen-bond acceptors (Lipinski definition) is 2. The van der Waals surface area contributed by atoms with Gasteiger partial charge in [-0.25, -0.2) is 0 Å². The lowest BCUT2D eigenvalue weighted by Gasteiger charge is -2.23. The fourth-order valence-corrected chi connectivity index (χ4v) is 3.17. The van der Waals surface area contributed by atoms with Crippen molar-refractivity contribution < 1.29 is 4.43 Å². The normalized spacial score (nSPS) is 12.5. The maximum Gasteiger partial charge on any atom is 0.186 e. The van der Waals surface area contributed by atoms with Gasteiger partial charge in [0.1, 0.15) is 0 Å². The van der Waals surface area contributed by atoms with Crippen LogP contribution < -0.4 is 0 Å². The predicted molar refractivity (Wildman–Crippen MR) is 57.1 cm³/mol. The van der Waals surface area contributed by atoms with Gasteiger partial charge in [0.25, 0.3) is 0 Å². The fraction of sp³-hybridized carbons (Fsp3) is 1.00. The van der Waals surface area contributed by atoms with E-state index < -0.39 is 8.32 Å². The molecule has 0 N–H and O–H groups in total. The Balaban J connectivity index is 3.46. The molecule has 12 heavy (non-hydrogen) atoms. The van der Waals surface area contributed by atoms with Gasteiger partial charge in [0.15, 0.2) is 8.32 Å². The summed E-state index contributed by atoms with van der Waals surface area (Å²) in [5.41, 5.74) is 0. The second-order valence-electron chi connectivity index (χ2n) is 4.16. The third kappa shape index (κ3) is 6.82. The lowest BCUT2D eigenvalue weighted by molar-refractivity contribution is 0.253. The van der Waals surface area contributed by atoms with Crippen LogP contribution in [0.5, 0.6) is 0 Å².